The molecule has 0 spiro atoms. The van der Waals surface area contributed by atoms with Crippen molar-refractivity contribution in [2.45, 2.75) is 89.9 Å². The van der Waals surface area contributed by atoms with Gasteiger partial charge in [0.2, 0.25) is 0 Å². The van der Waals surface area contributed by atoms with E-state index in [-0.39, 0.29) is 6.54 Å². The predicted octanol–water partition coefficient (Wildman–Crippen LogP) is 2.65. The van der Waals surface area contributed by atoms with Gasteiger partial charge in [-0.25, -0.2) is 0 Å². The normalized spacial score (nSPS) is 12.8. The summed E-state index contributed by atoms with van der Waals surface area (Å²) in [4.78, 5) is 11.0. The molecule has 0 heterocycles. The first-order valence-corrected chi connectivity index (χ1v) is 8.40. The van der Waals surface area contributed by atoms with E-state index in [2.05, 4.69) is 12.2 Å². The largest absolute Gasteiger partial charge is 0.480 e. The number of carboxylic acid groups (broad SMARTS) is 1. The number of unbranched alkanes of at least 4 members (excludes halogenated alkanes) is 9. The van der Waals surface area contributed by atoms with Gasteiger partial charge in [0.05, 0.1) is 0 Å². The zero-order valence-corrected chi connectivity index (χ0v) is 13.4. The van der Waals surface area contributed by atoms with Crippen LogP contribution in [0.2, 0.25) is 0 Å². The lowest BCUT2D eigenvalue weighted by atomic mass is 10.0. The molecular weight excluding hydrogens is 270 g/mol. The summed E-state index contributed by atoms with van der Waals surface area (Å²) in [5, 5.41) is 29.1. The molecule has 0 aliphatic heterocycles. The highest BCUT2D eigenvalue weighted by molar-refractivity contribution is 5.73. The van der Waals surface area contributed by atoms with E-state index in [0.29, 0.717) is 6.42 Å². The molecule has 0 bridgehead atoms. The van der Waals surface area contributed by atoms with E-state index in [4.69, 9.17) is 15.3 Å². The zero-order chi connectivity index (χ0) is 15.9. The smallest absolute Gasteiger partial charge is 0.320 e. The molecule has 0 saturated heterocycles. The highest BCUT2D eigenvalue weighted by atomic mass is 16.5. The lowest BCUT2D eigenvalue weighted by Crippen LogP contribution is -2.40. The number of aliphatic hydroxyl groups excluding tert-OH is 1. The van der Waals surface area contributed by atoms with E-state index in [9.17, 15) is 4.79 Å². The van der Waals surface area contributed by atoms with Crippen molar-refractivity contribution < 1.29 is 20.1 Å². The fourth-order valence-corrected chi connectivity index (χ4v) is 2.40. The molecule has 0 aliphatic carbocycles. The summed E-state index contributed by atoms with van der Waals surface area (Å²) in [6, 6.07) is -0.680. The molecule has 1 unspecified atom stereocenters. The minimum atomic E-state index is -1.50. The van der Waals surface area contributed by atoms with Crippen molar-refractivity contribution in [1.29, 1.82) is 0 Å². The van der Waals surface area contributed by atoms with Gasteiger partial charge in [-0.3, -0.25) is 10.1 Å². The summed E-state index contributed by atoms with van der Waals surface area (Å²) in [6.07, 6.45) is 11.2. The van der Waals surface area contributed by atoms with Gasteiger partial charge in [0.1, 0.15) is 6.04 Å². The highest BCUT2D eigenvalue weighted by Gasteiger charge is 2.16. The van der Waals surface area contributed by atoms with E-state index in [1.807, 2.05) is 0 Å². The van der Waals surface area contributed by atoms with Crippen LogP contribution in [0.15, 0.2) is 0 Å². The van der Waals surface area contributed by atoms with Crippen molar-refractivity contribution in [2.75, 3.05) is 6.54 Å². The number of carbonyl (C=O) groups is 1. The number of rotatable bonds is 15. The van der Waals surface area contributed by atoms with Crippen LogP contribution in [0.4, 0.5) is 0 Å². The van der Waals surface area contributed by atoms with Crippen molar-refractivity contribution in [2.24, 2.45) is 0 Å². The molecule has 0 aromatic rings. The van der Waals surface area contributed by atoms with E-state index in [0.717, 1.165) is 19.3 Å². The van der Waals surface area contributed by atoms with Crippen LogP contribution < -0.4 is 5.32 Å². The van der Waals surface area contributed by atoms with Gasteiger partial charge in [-0.2, -0.15) is 0 Å². The van der Waals surface area contributed by atoms with E-state index >= 15 is 0 Å². The molecule has 0 radical (unpaired) electrons. The summed E-state index contributed by atoms with van der Waals surface area (Å²) in [7, 11) is 0. The second kappa shape index (κ2) is 14.3. The minimum Gasteiger partial charge on any atom is -0.480 e. The Labute approximate surface area is 128 Å². The SMILES string of the molecule is CCCCCCCCCCCCC(NCC(O)O)C(=O)O. The van der Waals surface area contributed by atoms with Crippen molar-refractivity contribution in [3.63, 3.8) is 0 Å². The third kappa shape index (κ3) is 14.1. The summed E-state index contributed by atoms with van der Waals surface area (Å²) >= 11 is 0. The summed E-state index contributed by atoms with van der Waals surface area (Å²) in [5.41, 5.74) is 0. The van der Waals surface area contributed by atoms with Gasteiger partial charge in [0.25, 0.3) is 0 Å². The lowest BCUT2D eigenvalue weighted by Gasteiger charge is -2.14. The van der Waals surface area contributed by atoms with Crippen LogP contribution in [0.5, 0.6) is 0 Å². The lowest BCUT2D eigenvalue weighted by molar-refractivity contribution is -0.140. The maximum absolute atomic E-state index is 11.0. The molecule has 0 saturated carbocycles. The van der Waals surface area contributed by atoms with E-state index < -0.39 is 18.3 Å². The average Bonchev–Trinajstić information content (AvgIpc) is 2.43. The molecule has 126 valence electrons. The molecule has 1 atom stereocenters. The Balaban J connectivity index is 3.43. The first kappa shape index (κ1) is 20.3. The molecule has 0 aromatic heterocycles. The maximum Gasteiger partial charge on any atom is 0.320 e. The van der Waals surface area contributed by atoms with E-state index in [1.165, 1.54) is 44.9 Å². The zero-order valence-electron chi connectivity index (χ0n) is 13.4. The molecule has 0 fully saturated rings. The average molecular weight is 303 g/mol. The first-order chi connectivity index (χ1) is 10.1. The van der Waals surface area contributed by atoms with Gasteiger partial charge >= 0.3 is 5.97 Å². The summed E-state index contributed by atoms with van der Waals surface area (Å²) in [6.45, 7) is 2.12. The van der Waals surface area contributed by atoms with Gasteiger partial charge in [-0.05, 0) is 6.42 Å². The van der Waals surface area contributed by atoms with Crippen molar-refractivity contribution in [3.05, 3.63) is 0 Å². The van der Waals surface area contributed by atoms with Gasteiger partial charge in [-0.1, -0.05) is 71.1 Å². The van der Waals surface area contributed by atoms with Crippen molar-refractivity contribution >= 4 is 5.97 Å². The Bertz CT molecular complexity index is 246. The summed E-state index contributed by atoms with van der Waals surface area (Å²) in [5.74, 6) is -0.924. The molecule has 5 nitrogen and oxygen atoms in total. The number of carboxylic acids is 1. The molecule has 5 heteroatoms. The topological polar surface area (TPSA) is 89.8 Å². The van der Waals surface area contributed by atoms with E-state index in [1.54, 1.807) is 0 Å². The molecule has 0 amide bonds. The molecule has 4 N–H and O–H groups in total. The standard InChI is InChI=1S/C16H33NO4/c1-2-3-4-5-6-7-8-9-10-11-12-14(16(20)21)17-13-15(18)19/h14-15,17-19H,2-13H2,1H3,(H,20,21). The Kier molecular flexibility index (Phi) is 13.9. The Morgan fingerprint density at radius 3 is 1.81 bits per heavy atom. The third-order valence-corrected chi connectivity index (χ3v) is 3.69. The van der Waals surface area contributed by atoms with Crippen LogP contribution in [0.3, 0.4) is 0 Å². The molecular formula is C16H33NO4. The number of nitrogens with one attached hydrogen (secondary N) is 1. The molecule has 0 aliphatic rings. The van der Waals surface area contributed by atoms with Gasteiger partial charge in [0.15, 0.2) is 6.29 Å². The number of aliphatic hydroxyl groups is 2. The molecule has 0 rings (SSSR count). The van der Waals surface area contributed by atoms with Crippen LogP contribution in [0.1, 0.15) is 77.6 Å². The van der Waals surface area contributed by atoms with Crippen molar-refractivity contribution in [3.8, 4) is 0 Å². The molecule has 0 aromatic carbocycles. The van der Waals surface area contributed by atoms with Crippen LogP contribution in [-0.4, -0.2) is 40.2 Å². The van der Waals surface area contributed by atoms with Crippen LogP contribution in [-0.2, 0) is 4.79 Å². The second-order valence-electron chi connectivity index (χ2n) is 5.75. The Morgan fingerprint density at radius 1 is 0.905 bits per heavy atom. The third-order valence-electron chi connectivity index (χ3n) is 3.69. The van der Waals surface area contributed by atoms with Crippen molar-refractivity contribution in [1.82, 2.24) is 5.32 Å². The van der Waals surface area contributed by atoms with Crippen LogP contribution in [0.25, 0.3) is 0 Å². The minimum absolute atomic E-state index is 0.102. The maximum atomic E-state index is 11.0. The fraction of sp³-hybridized carbons (Fsp3) is 0.938. The molecule has 21 heavy (non-hydrogen) atoms. The first-order valence-electron chi connectivity index (χ1n) is 8.40. The Hall–Kier alpha value is -0.650. The number of hydrogen-bond acceptors (Lipinski definition) is 4. The fourth-order valence-electron chi connectivity index (χ4n) is 2.40. The number of hydrogen-bond donors (Lipinski definition) is 4. The van der Waals surface area contributed by atoms with Gasteiger partial charge in [0, 0.05) is 6.54 Å². The quantitative estimate of drug-likeness (QED) is 0.276. The van der Waals surface area contributed by atoms with Crippen LogP contribution in [0, 0.1) is 0 Å². The number of aliphatic carboxylic acids is 1. The van der Waals surface area contributed by atoms with Crippen LogP contribution >= 0.6 is 0 Å². The predicted molar refractivity (Wildman–Crippen MR) is 84.1 cm³/mol. The van der Waals surface area contributed by atoms with Gasteiger partial charge < -0.3 is 15.3 Å². The highest BCUT2D eigenvalue weighted by Crippen LogP contribution is 2.12. The Morgan fingerprint density at radius 2 is 1.38 bits per heavy atom. The monoisotopic (exact) mass is 303 g/mol. The summed E-state index contributed by atoms with van der Waals surface area (Å²) < 4.78 is 0. The van der Waals surface area contributed by atoms with Gasteiger partial charge in [-0.15, -0.1) is 0 Å². The second-order valence-corrected chi connectivity index (χ2v) is 5.75.